The second-order valence-corrected chi connectivity index (χ2v) is 9.37. The summed E-state index contributed by atoms with van der Waals surface area (Å²) in [6.45, 7) is 0.912. The number of aryl methyl sites for hydroxylation is 1. The predicted molar refractivity (Wildman–Crippen MR) is 127 cm³/mol. The largest absolute Gasteiger partial charge is 0.361 e. The molecule has 0 radical (unpaired) electrons. The van der Waals surface area contributed by atoms with E-state index >= 15 is 0 Å². The lowest BCUT2D eigenvalue weighted by molar-refractivity contribution is 0.434. The first-order valence-electron chi connectivity index (χ1n) is 10.8. The highest BCUT2D eigenvalue weighted by Gasteiger charge is 2.14. The van der Waals surface area contributed by atoms with Gasteiger partial charge in [-0.15, -0.1) is 11.3 Å². The zero-order valence-electron chi connectivity index (χ0n) is 17.0. The van der Waals surface area contributed by atoms with E-state index in [-0.39, 0.29) is 0 Å². The number of benzene rings is 2. The SMILES string of the molecule is Clc1ccc(-c2csc(=NC3CCCCC3)n2CCc2c[nH]c3ccccc23)cc1. The maximum absolute atomic E-state index is 6.13. The molecule has 0 aliphatic heterocycles. The zero-order valence-corrected chi connectivity index (χ0v) is 18.6. The summed E-state index contributed by atoms with van der Waals surface area (Å²) in [5.74, 6) is 0. The first-order chi connectivity index (χ1) is 14.8. The van der Waals surface area contributed by atoms with Crippen LogP contribution in [-0.4, -0.2) is 15.6 Å². The highest BCUT2D eigenvalue weighted by molar-refractivity contribution is 7.07. The van der Waals surface area contributed by atoms with Crippen LogP contribution >= 0.6 is 22.9 Å². The van der Waals surface area contributed by atoms with Crippen LogP contribution in [0.4, 0.5) is 0 Å². The quantitative estimate of drug-likeness (QED) is 0.356. The van der Waals surface area contributed by atoms with Crippen molar-refractivity contribution in [3.05, 3.63) is 75.5 Å². The van der Waals surface area contributed by atoms with Gasteiger partial charge < -0.3 is 9.55 Å². The van der Waals surface area contributed by atoms with Gasteiger partial charge in [0.1, 0.15) is 0 Å². The third-order valence-electron chi connectivity index (χ3n) is 6.09. The summed E-state index contributed by atoms with van der Waals surface area (Å²) in [6.07, 6.45) is 9.52. The van der Waals surface area contributed by atoms with E-state index in [9.17, 15) is 0 Å². The van der Waals surface area contributed by atoms with Gasteiger partial charge in [0.15, 0.2) is 4.80 Å². The fourth-order valence-corrected chi connectivity index (χ4v) is 5.57. The van der Waals surface area contributed by atoms with E-state index in [1.165, 1.54) is 59.8 Å². The van der Waals surface area contributed by atoms with Gasteiger partial charge in [0.25, 0.3) is 0 Å². The van der Waals surface area contributed by atoms with Gasteiger partial charge in [-0.25, -0.2) is 0 Å². The number of aromatic nitrogens is 2. The summed E-state index contributed by atoms with van der Waals surface area (Å²) in [4.78, 5) is 9.74. The molecule has 2 aromatic heterocycles. The maximum Gasteiger partial charge on any atom is 0.185 e. The van der Waals surface area contributed by atoms with Crippen molar-refractivity contribution in [2.75, 3.05) is 0 Å². The minimum atomic E-state index is 0.467. The van der Waals surface area contributed by atoms with E-state index in [4.69, 9.17) is 16.6 Å². The predicted octanol–water partition coefficient (Wildman–Crippen LogP) is 6.83. The maximum atomic E-state index is 6.13. The molecule has 30 heavy (non-hydrogen) atoms. The van der Waals surface area contributed by atoms with Crippen LogP contribution in [0.15, 0.2) is 65.1 Å². The normalized spacial score (nSPS) is 15.8. The van der Waals surface area contributed by atoms with E-state index in [0.717, 1.165) is 22.8 Å². The highest BCUT2D eigenvalue weighted by Crippen LogP contribution is 2.25. The standard InChI is InChI=1S/C25H26ClN3S/c26-20-12-10-18(11-13-20)24-17-30-25(28-21-6-2-1-3-7-21)29(24)15-14-19-16-27-23-9-5-4-8-22(19)23/h4-5,8-13,16-17,21,27H,1-3,6-7,14-15H2. The molecule has 0 saturated heterocycles. The van der Waals surface area contributed by atoms with Gasteiger partial charge in [-0.3, -0.25) is 4.99 Å². The molecule has 154 valence electrons. The summed E-state index contributed by atoms with van der Waals surface area (Å²) >= 11 is 7.90. The molecule has 0 spiro atoms. The molecule has 5 rings (SSSR count). The molecular weight excluding hydrogens is 410 g/mol. The monoisotopic (exact) mass is 435 g/mol. The third-order valence-corrected chi connectivity index (χ3v) is 7.21. The highest BCUT2D eigenvalue weighted by atomic mass is 35.5. The number of para-hydroxylation sites is 1. The van der Waals surface area contributed by atoms with Gasteiger partial charge in [-0.1, -0.05) is 61.2 Å². The van der Waals surface area contributed by atoms with Gasteiger partial charge in [0.2, 0.25) is 0 Å². The van der Waals surface area contributed by atoms with Crippen molar-refractivity contribution in [2.24, 2.45) is 4.99 Å². The molecule has 1 aliphatic carbocycles. The molecule has 1 fully saturated rings. The van der Waals surface area contributed by atoms with Crippen LogP contribution in [0.5, 0.6) is 0 Å². The number of nitrogens with one attached hydrogen (secondary N) is 1. The molecule has 2 heterocycles. The van der Waals surface area contributed by atoms with Gasteiger partial charge in [-0.2, -0.15) is 0 Å². The number of H-pyrrole nitrogens is 1. The Hall–Kier alpha value is -2.30. The van der Waals surface area contributed by atoms with Crippen molar-refractivity contribution in [3.63, 3.8) is 0 Å². The molecule has 4 aromatic rings. The summed E-state index contributed by atoms with van der Waals surface area (Å²) < 4.78 is 2.41. The minimum Gasteiger partial charge on any atom is -0.361 e. The number of fused-ring (bicyclic) bond motifs is 1. The lowest BCUT2D eigenvalue weighted by Crippen LogP contribution is -2.22. The molecule has 2 aromatic carbocycles. The number of rotatable bonds is 5. The number of aromatic amines is 1. The van der Waals surface area contributed by atoms with E-state index in [1.54, 1.807) is 11.3 Å². The number of hydrogen-bond donors (Lipinski definition) is 1. The molecule has 0 unspecified atom stereocenters. The minimum absolute atomic E-state index is 0.467. The average molecular weight is 436 g/mol. The fourth-order valence-electron chi connectivity index (χ4n) is 4.44. The van der Waals surface area contributed by atoms with Crippen LogP contribution in [0.25, 0.3) is 22.2 Å². The molecule has 0 atom stereocenters. The Morgan fingerprint density at radius 1 is 1.03 bits per heavy atom. The molecule has 1 N–H and O–H groups in total. The van der Waals surface area contributed by atoms with E-state index < -0.39 is 0 Å². The van der Waals surface area contributed by atoms with Gasteiger partial charge in [0, 0.05) is 34.0 Å². The molecular formula is C25H26ClN3S. The van der Waals surface area contributed by atoms with Crippen LogP contribution in [0.1, 0.15) is 37.7 Å². The molecule has 0 amide bonds. The van der Waals surface area contributed by atoms with E-state index in [1.807, 2.05) is 12.1 Å². The zero-order chi connectivity index (χ0) is 20.3. The Bertz CT molecular complexity index is 1190. The van der Waals surface area contributed by atoms with Crippen LogP contribution in [0, 0.1) is 0 Å². The summed E-state index contributed by atoms with van der Waals surface area (Å²) in [6, 6.07) is 17.2. The first kappa shape index (κ1) is 19.7. The Morgan fingerprint density at radius 3 is 2.67 bits per heavy atom. The lowest BCUT2D eigenvalue weighted by Gasteiger charge is -2.17. The van der Waals surface area contributed by atoms with Crippen molar-refractivity contribution < 1.29 is 0 Å². The number of halogens is 1. The second kappa shape index (κ2) is 8.83. The average Bonchev–Trinajstić information content (AvgIpc) is 3.37. The van der Waals surface area contributed by atoms with Crippen molar-refractivity contribution in [2.45, 2.75) is 51.1 Å². The Labute approximate surface area is 186 Å². The van der Waals surface area contributed by atoms with Crippen LogP contribution in [0.2, 0.25) is 5.02 Å². The van der Waals surface area contributed by atoms with E-state index in [2.05, 4.69) is 57.5 Å². The molecule has 3 nitrogen and oxygen atoms in total. The topological polar surface area (TPSA) is 33.1 Å². The van der Waals surface area contributed by atoms with Crippen molar-refractivity contribution in [1.82, 2.24) is 9.55 Å². The summed E-state index contributed by atoms with van der Waals surface area (Å²) in [7, 11) is 0. The van der Waals surface area contributed by atoms with Gasteiger partial charge >= 0.3 is 0 Å². The smallest absolute Gasteiger partial charge is 0.185 e. The van der Waals surface area contributed by atoms with Crippen molar-refractivity contribution in [3.8, 4) is 11.3 Å². The summed E-state index contributed by atoms with van der Waals surface area (Å²) in [5.41, 5.74) is 4.98. The molecule has 5 heteroatoms. The van der Waals surface area contributed by atoms with Crippen LogP contribution < -0.4 is 4.80 Å². The van der Waals surface area contributed by atoms with Crippen LogP contribution in [0.3, 0.4) is 0 Å². The van der Waals surface area contributed by atoms with Gasteiger partial charge in [0.05, 0.1) is 11.7 Å². The Balaban J connectivity index is 1.50. The van der Waals surface area contributed by atoms with Crippen LogP contribution in [-0.2, 0) is 13.0 Å². The Kier molecular flexibility index (Phi) is 5.78. The van der Waals surface area contributed by atoms with Crippen molar-refractivity contribution in [1.29, 1.82) is 0 Å². The van der Waals surface area contributed by atoms with Crippen molar-refractivity contribution >= 4 is 33.8 Å². The molecule has 0 bridgehead atoms. The fraction of sp³-hybridized carbons (Fsp3) is 0.320. The summed E-state index contributed by atoms with van der Waals surface area (Å²) in [5, 5.41) is 4.33. The molecule has 1 saturated carbocycles. The van der Waals surface area contributed by atoms with Gasteiger partial charge in [-0.05, 0) is 48.6 Å². The number of thiazole rings is 1. The first-order valence-corrected chi connectivity index (χ1v) is 12.1. The van der Waals surface area contributed by atoms with E-state index in [0.29, 0.717) is 6.04 Å². The molecule has 1 aliphatic rings. The lowest BCUT2D eigenvalue weighted by atomic mass is 9.96. The third kappa shape index (κ3) is 4.12. The number of nitrogens with zero attached hydrogens (tertiary/aromatic N) is 2. The second-order valence-electron chi connectivity index (χ2n) is 8.09. The number of hydrogen-bond acceptors (Lipinski definition) is 2. The Morgan fingerprint density at radius 2 is 1.83 bits per heavy atom.